The molecule has 2 amide bonds. The van der Waals surface area contributed by atoms with Crippen molar-refractivity contribution >= 4 is 12.0 Å². The van der Waals surface area contributed by atoms with Crippen molar-refractivity contribution in [3.05, 3.63) is 0 Å². The van der Waals surface area contributed by atoms with Crippen LogP contribution in [0.3, 0.4) is 0 Å². The predicted octanol–water partition coefficient (Wildman–Crippen LogP) is 2.27. The van der Waals surface area contributed by atoms with E-state index < -0.39 is 5.97 Å². The Morgan fingerprint density at radius 1 is 1.26 bits per heavy atom. The number of urea groups is 1. The van der Waals surface area contributed by atoms with Gasteiger partial charge in [-0.1, -0.05) is 27.7 Å². The molecule has 1 heterocycles. The van der Waals surface area contributed by atoms with Crippen LogP contribution in [0.2, 0.25) is 0 Å². The highest BCUT2D eigenvalue weighted by atomic mass is 16.4. The third-order valence-corrected chi connectivity index (χ3v) is 3.57. The number of hydrogen-bond acceptors (Lipinski definition) is 2. The van der Waals surface area contributed by atoms with E-state index in [1.165, 1.54) is 4.90 Å². The van der Waals surface area contributed by atoms with Crippen LogP contribution in [0.1, 0.15) is 40.5 Å². The molecule has 1 aliphatic heterocycles. The second-order valence-corrected chi connectivity index (χ2v) is 6.60. The van der Waals surface area contributed by atoms with Crippen molar-refractivity contribution in [2.45, 2.75) is 40.5 Å². The van der Waals surface area contributed by atoms with Gasteiger partial charge in [-0.3, -0.25) is 4.79 Å². The maximum Gasteiger partial charge on any atom is 0.323 e. The Bertz CT molecular complexity index is 330. The van der Waals surface area contributed by atoms with Gasteiger partial charge in [-0.2, -0.15) is 0 Å². The van der Waals surface area contributed by atoms with Crippen LogP contribution in [0.5, 0.6) is 0 Å². The highest BCUT2D eigenvalue weighted by molar-refractivity contribution is 5.80. The van der Waals surface area contributed by atoms with Crippen LogP contribution in [0.25, 0.3) is 0 Å². The van der Waals surface area contributed by atoms with Gasteiger partial charge < -0.3 is 14.9 Å². The van der Waals surface area contributed by atoms with Crippen LogP contribution in [0.15, 0.2) is 0 Å². The SMILES string of the molecule is CC(C)CN(CC(=O)O)C(=O)N1CCC(C)(C)CC1. The van der Waals surface area contributed by atoms with E-state index in [-0.39, 0.29) is 23.9 Å². The molecule has 5 nitrogen and oxygen atoms in total. The van der Waals surface area contributed by atoms with Gasteiger partial charge in [0.05, 0.1) is 0 Å². The molecule has 1 saturated heterocycles. The van der Waals surface area contributed by atoms with Crippen molar-refractivity contribution in [1.29, 1.82) is 0 Å². The fraction of sp³-hybridized carbons (Fsp3) is 0.857. The van der Waals surface area contributed by atoms with E-state index in [9.17, 15) is 9.59 Å². The summed E-state index contributed by atoms with van der Waals surface area (Å²) in [7, 11) is 0. The lowest BCUT2D eigenvalue weighted by Gasteiger charge is -2.39. The maximum atomic E-state index is 12.4. The summed E-state index contributed by atoms with van der Waals surface area (Å²) < 4.78 is 0. The van der Waals surface area contributed by atoms with Crippen LogP contribution in [0.4, 0.5) is 4.79 Å². The fourth-order valence-electron chi connectivity index (χ4n) is 2.32. The molecule has 0 aromatic heterocycles. The van der Waals surface area contributed by atoms with Crippen molar-refractivity contribution in [2.75, 3.05) is 26.2 Å². The number of carbonyl (C=O) groups excluding carboxylic acids is 1. The standard InChI is InChI=1S/C14H26N2O3/c1-11(2)9-16(10-12(17)18)13(19)15-7-5-14(3,4)6-8-15/h11H,5-10H2,1-4H3,(H,17,18). The first-order chi connectivity index (χ1) is 8.71. The molecule has 0 aromatic carbocycles. The number of carbonyl (C=O) groups is 2. The van der Waals surface area contributed by atoms with Crippen LogP contribution >= 0.6 is 0 Å². The summed E-state index contributed by atoms with van der Waals surface area (Å²) in [5, 5.41) is 8.91. The number of aliphatic carboxylic acids is 1. The monoisotopic (exact) mass is 270 g/mol. The van der Waals surface area contributed by atoms with Gasteiger partial charge in [-0.15, -0.1) is 0 Å². The number of carboxylic acid groups (broad SMARTS) is 1. The summed E-state index contributed by atoms with van der Waals surface area (Å²) in [4.78, 5) is 26.5. The fourth-order valence-corrected chi connectivity index (χ4v) is 2.32. The van der Waals surface area contributed by atoms with Gasteiger partial charge in [0.25, 0.3) is 0 Å². The third-order valence-electron chi connectivity index (χ3n) is 3.57. The smallest absolute Gasteiger partial charge is 0.323 e. The van der Waals surface area contributed by atoms with Crippen molar-refractivity contribution in [3.63, 3.8) is 0 Å². The molecular weight excluding hydrogens is 244 g/mol. The maximum absolute atomic E-state index is 12.4. The summed E-state index contributed by atoms with van der Waals surface area (Å²) in [6, 6.07) is -0.133. The Hall–Kier alpha value is -1.26. The first-order valence-electron chi connectivity index (χ1n) is 6.97. The number of piperidine rings is 1. The largest absolute Gasteiger partial charge is 0.480 e. The molecule has 0 saturated carbocycles. The highest BCUT2D eigenvalue weighted by Crippen LogP contribution is 2.30. The molecule has 110 valence electrons. The van der Waals surface area contributed by atoms with E-state index in [2.05, 4.69) is 13.8 Å². The van der Waals surface area contributed by atoms with Gasteiger partial charge in [0.1, 0.15) is 6.54 Å². The minimum absolute atomic E-state index is 0.133. The van der Waals surface area contributed by atoms with E-state index in [1.54, 1.807) is 4.90 Å². The van der Waals surface area contributed by atoms with Crippen LogP contribution in [-0.4, -0.2) is 53.1 Å². The molecule has 0 aromatic rings. The van der Waals surface area contributed by atoms with Gasteiger partial charge in [0, 0.05) is 19.6 Å². The molecule has 0 unspecified atom stereocenters. The molecule has 0 atom stereocenters. The molecule has 0 bridgehead atoms. The summed E-state index contributed by atoms with van der Waals surface area (Å²) in [5.41, 5.74) is 0.284. The van der Waals surface area contributed by atoms with Crippen molar-refractivity contribution in [2.24, 2.45) is 11.3 Å². The van der Waals surface area contributed by atoms with E-state index >= 15 is 0 Å². The van der Waals surface area contributed by atoms with E-state index in [1.807, 2.05) is 13.8 Å². The Labute approximate surface area is 115 Å². The van der Waals surface area contributed by atoms with Gasteiger partial charge in [-0.25, -0.2) is 4.79 Å². The lowest BCUT2D eigenvalue weighted by atomic mass is 9.83. The first kappa shape index (κ1) is 15.8. The molecular formula is C14H26N2O3. The second-order valence-electron chi connectivity index (χ2n) is 6.60. The molecule has 1 fully saturated rings. The highest BCUT2D eigenvalue weighted by Gasteiger charge is 2.30. The van der Waals surface area contributed by atoms with E-state index in [0.29, 0.717) is 6.54 Å². The summed E-state index contributed by atoms with van der Waals surface area (Å²) >= 11 is 0. The first-order valence-corrected chi connectivity index (χ1v) is 6.97. The van der Waals surface area contributed by atoms with Crippen molar-refractivity contribution < 1.29 is 14.7 Å². The molecule has 5 heteroatoms. The third kappa shape index (κ3) is 5.09. The Kier molecular flexibility index (Phi) is 5.20. The van der Waals surface area contributed by atoms with Gasteiger partial charge in [0.2, 0.25) is 0 Å². The molecule has 1 aliphatic rings. The van der Waals surface area contributed by atoms with E-state index in [0.717, 1.165) is 25.9 Å². The zero-order chi connectivity index (χ0) is 14.6. The average Bonchev–Trinajstić information content (AvgIpc) is 2.26. The van der Waals surface area contributed by atoms with Gasteiger partial charge in [0.15, 0.2) is 0 Å². The molecule has 1 rings (SSSR count). The molecule has 1 N–H and O–H groups in total. The Morgan fingerprint density at radius 2 is 1.79 bits per heavy atom. The van der Waals surface area contributed by atoms with Gasteiger partial charge in [-0.05, 0) is 24.2 Å². The molecule has 19 heavy (non-hydrogen) atoms. The molecule has 0 radical (unpaired) electrons. The zero-order valence-corrected chi connectivity index (χ0v) is 12.5. The number of hydrogen-bond donors (Lipinski definition) is 1. The predicted molar refractivity (Wildman–Crippen MR) is 74.0 cm³/mol. The number of rotatable bonds is 4. The van der Waals surface area contributed by atoms with Crippen LogP contribution < -0.4 is 0 Å². The minimum atomic E-state index is -0.952. The number of nitrogens with zero attached hydrogens (tertiary/aromatic N) is 2. The number of likely N-dealkylation sites (tertiary alicyclic amines) is 1. The van der Waals surface area contributed by atoms with Crippen LogP contribution in [-0.2, 0) is 4.79 Å². The van der Waals surface area contributed by atoms with Crippen molar-refractivity contribution in [1.82, 2.24) is 9.80 Å². The number of amides is 2. The molecule has 0 spiro atoms. The lowest BCUT2D eigenvalue weighted by molar-refractivity contribution is -0.137. The quantitative estimate of drug-likeness (QED) is 0.852. The Balaban J connectivity index is 2.63. The van der Waals surface area contributed by atoms with Crippen molar-refractivity contribution in [3.8, 4) is 0 Å². The summed E-state index contributed by atoms with van der Waals surface area (Å²) in [6.07, 6.45) is 1.95. The summed E-state index contributed by atoms with van der Waals surface area (Å²) in [5.74, 6) is -0.684. The second kappa shape index (κ2) is 6.26. The average molecular weight is 270 g/mol. The number of carboxylic acids is 1. The lowest BCUT2D eigenvalue weighted by Crippen LogP contribution is -2.50. The Morgan fingerprint density at radius 3 is 2.21 bits per heavy atom. The van der Waals surface area contributed by atoms with Crippen LogP contribution in [0, 0.1) is 11.3 Å². The summed E-state index contributed by atoms with van der Waals surface area (Å²) in [6.45, 7) is 10.1. The minimum Gasteiger partial charge on any atom is -0.480 e. The van der Waals surface area contributed by atoms with E-state index in [4.69, 9.17) is 5.11 Å². The topological polar surface area (TPSA) is 60.9 Å². The van der Waals surface area contributed by atoms with Gasteiger partial charge >= 0.3 is 12.0 Å². The zero-order valence-electron chi connectivity index (χ0n) is 12.5. The normalized spacial score (nSPS) is 18.5. The molecule has 0 aliphatic carbocycles.